The molecule has 0 bridgehead atoms. The van der Waals surface area contributed by atoms with Crippen molar-refractivity contribution in [2.75, 3.05) is 6.61 Å². The molecule has 22 heavy (non-hydrogen) atoms. The van der Waals surface area contributed by atoms with E-state index in [0.29, 0.717) is 0 Å². The van der Waals surface area contributed by atoms with E-state index in [2.05, 4.69) is 4.84 Å². The number of aliphatic hydroxyl groups is 1. The number of carbonyl (C=O) groups excluding carboxylic acids is 3. The van der Waals surface area contributed by atoms with Crippen LogP contribution in [0.3, 0.4) is 0 Å². The molecule has 0 saturated carbocycles. The van der Waals surface area contributed by atoms with Gasteiger partial charge in [0, 0.05) is 20.8 Å². The fourth-order valence-corrected chi connectivity index (χ4v) is 2.03. The molecule has 3 N–H and O–H groups in total. The van der Waals surface area contributed by atoms with E-state index in [0.717, 1.165) is 13.8 Å². The first-order chi connectivity index (χ1) is 10.3. The predicted octanol–water partition coefficient (Wildman–Crippen LogP) is -1.61. The summed E-state index contributed by atoms with van der Waals surface area (Å²) in [5.41, 5.74) is 0. The molecule has 1 fully saturated rings. The Morgan fingerprint density at radius 1 is 1.00 bits per heavy atom. The summed E-state index contributed by atoms with van der Waals surface area (Å²) in [5, 5.41) is 9.84. The van der Waals surface area contributed by atoms with E-state index in [4.69, 9.17) is 24.8 Å². The molecule has 1 heterocycles. The molecule has 10 heteroatoms. The van der Waals surface area contributed by atoms with Crippen LogP contribution in [0, 0.1) is 0 Å². The highest BCUT2D eigenvalue weighted by molar-refractivity contribution is 5.67. The second kappa shape index (κ2) is 8.03. The van der Waals surface area contributed by atoms with E-state index < -0.39 is 48.6 Å². The molecule has 1 rings (SSSR count). The maximum Gasteiger partial charge on any atom is 0.303 e. The molecule has 0 aromatic heterocycles. The topological polar surface area (TPSA) is 144 Å². The lowest BCUT2D eigenvalue weighted by Crippen LogP contribution is -2.62. The fraction of sp³-hybridized carbons (Fsp3) is 0.750. The van der Waals surface area contributed by atoms with Gasteiger partial charge in [-0.15, -0.1) is 0 Å². The molecule has 0 spiro atoms. The molecular weight excluding hydrogens is 302 g/mol. The van der Waals surface area contributed by atoms with Gasteiger partial charge in [-0.2, -0.15) is 0 Å². The van der Waals surface area contributed by atoms with Crippen molar-refractivity contribution in [3.05, 3.63) is 0 Å². The lowest BCUT2D eigenvalue weighted by Gasteiger charge is -2.42. The molecule has 0 aromatic rings. The Morgan fingerprint density at radius 3 is 2.00 bits per heavy atom. The molecule has 0 amide bonds. The molecule has 0 aliphatic carbocycles. The SMILES string of the molecule is CC(=O)OC[C@H]1O[C@H](O)[C@H](ON)[C@@H](OC(C)=O)[C@@H]1OC(C)=O. The van der Waals surface area contributed by atoms with Crippen molar-refractivity contribution >= 4 is 17.9 Å². The highest BCUT2D eigenvalue weighted by Gasteiger charge is 2.50. The van der Waals surface area contributed by atoms with Crippen LogP contribution in [-0.4, -0.2) is 60.3 Å². The standard InChI is InChI=1S/C12H19NO9/c1-5(14)18-4-8-9(19-6(2)15)10(20-7(3)16)11(22-13)12(17)21-8/h8-12,17H,4,13H2,1-3H3/t8-,9-,10+,11-,12+/m1/s1. The summed E-state index contributed by atoms with van der Waals surface area (Å²) < 4.78 is 20.0. The number of carbonyl (C=O) groups is 3. The minimum Gasteiger partial charge on any atom is -0.463 e. The van der Waals surface area contributed by atoms with E-state index in [1.165, 1.54) is 6.92 Å². The number of rotatable bonds is 5. The monoisotopic (exact) mass is 321 g/mol. The van der Waals surface area contributed by atoms with E-state index in [-0.39, 0.29) is 6.61 Å². The first kappa shape index (κ1) is 18.3. The van der Waals surface area contributed by atoms with Crippen LogP contribution in [0.4, 0.5) is 0 Å². The van der Waals surface area contributed by atoms with E-state index >= 15 is 0 Å². The van der Waals surface area contributed by atoms with Gasteiger partial charge in [-0.25, -0.2) is 5.90 Å². The van der Waals surface area contributed by atoms with Crippen molar-refractivity contribution in [2.24, 2.45) is 5.90 Å². The van der Waals surface area contributed by atoms with Gasteiger partial charge in [-0.1, -0.05) is 0 Å². The van der Waals surface area contributed by atoms with Crippen LogP contribution in [0.15, 0.2) is 0 Å². The third kappa shape index (κ3) is 4.91. The normalized spacial score (nSPS) is 31.2. The number of hydrogen-bond acceptors (Lipinski definition) is 10. The highest BCUT2D eigenvalue weighted by Crippen LogP contribution is 2.27. The van der Waals surface area contributed by atoms with Gasteiger partial charge < -0.3 is 24.1 Å². The van der Waals surface area contributed by atoms with Gasteiger partial charge >= 0.3 is 17.9 Å². The van der Waals surface area contributed by atoms with Crippen molar-refractivity contribution in [1.29, 1.82) is 0 Å². The zero-order chi connectivity index (χ0) is 16.9. The van der Waals surface area contributed by atoms with Gasteiger partial charge in [0.05, 0.1) is 0 Å². The Labute approximate surface area is 126 Å². The summed E-state index contributed by atoms with van der Waals surface area (Å²) in [5.74, 6) is 3.07. The maximum atomic E-state index is 11.2. The predicted molar refractivity (Wildman–Crippen MR) is 67.7 cm³/mol. The van der Waals surface area contributed by atoms with Crippen LogP contribution in [-0.2, 0) is 38.2 Å². The summed E-state index contributed by atoms with van der Waals surface area (Å²) in [6, 6.07) is 0. The van der Waals surface area contributed by atoms with Gasteiger partial charge in [0.1, 0.15) is 12.7 Å². The van der Waals surface area contributed by atoms with Crippen LogP contribution in [0.5, 0.6) is 0 Å². The van der Waals surface area contributed by atoms with Gasteiger partial charge in [-0.05, 0) is 0 Å². The van der Waals surface area contributed by atoms with Crippen LogP contribution in [0.2, 0.25) is 0 Å². The van der Waals surface area contributed by atoms with E-state index in [9.17, 15) is 19.5 Å². The third-order valence-corrected chi connectivity index (χ3v) is 2.82. The Morgan fingerprint density at radius 2 is 1.55 bits per heavy atom. The molecule has 1 aliphatic rings. The quantitative estimate of drug-likeness (QED) is 0.344. The second-order valence-corrected chi connectivity index (χ2v) is 4.62. The Hall–Kier alpha value is -1.75. The lowest BCUT2D eigenvalue weighted by molar-refractivity contribution is -0.302. The van der Waals surface area contributed by atoms with Crippen LogP contribution in [0.25, 0.3) is 0 Å². The molecule has 0 unspecified atom stereocenters. The molecule has 1 saturated heterocycles. The van der Waals surface area contributed by atoms with Gasteiger partial charge in [0.25, 0.3) is 0 Å². The minimum absolute atomic E-state index is 0.320. The Kier molecular flexibility index (Phi) is 6.68. The molecular formula is C12H19NO9. The molecule has 0 aromatic carbocycles. The molecule has 5 atom stereocenters. The number of esters is 3. The maximum absolute atomic E-state index is 11.2. The summed E-state index contributed by atoms with van der Waals surface area (Å²) in [6.07, 6.45) is -6.30. The van der Waals surface area contributed by atoms with Gasteiger partial charge in [0.15, 0.2) is 24.6 Å². The molecule has 0 radical (unpaired) electrons. The molecule has 10 nitrogen and oxygen atoms in total. The summed E-state index contributed by atoms with van der Waals surface area (Å²) in [4.78, 5) is 37.9. The Bertz CT molecular complexity index is 427. The number of ether oxygens (including phenoxy) is 4. The summed E-state index contributed by atoms with van der Waals surface area (Å²) in [6.45, 7) is 3.12. The molecule has 126 valence electrons. The van der Waals surface area contributed by atoms with Crippen LogP contribution >= 0.6 is 0 Å². The summed E-state index contributed by atoms with van der Waals surface area (Å²) >= 11 is 0. The smallest absolute Gasteiger partial charge is 0.303 e. The zero-order valence-corrected chi connectivity index (χ0v) is 12.4. The third-order valence-electron chi connectivity index (χ3n) is 2.82. The van der Waals surface area contributed by atoms with Gasteiger partial charge in [0.2, 0.25) is 0 Å². The van der Waals surface area contributed by atoms with Crippen molar-refractivity contribution in [2.45, 2.75) is 51.5 Å². The van der Waals surface area contributed by atoms with E-state index in [1.54, 1.807) is 0 Å². The average molecular weight is 321 g/mol. The average Bonchev–Trinajstić information content (AvgIpc) is 2.39. The van der Waals surface area contributed by atoms with E-state index in [1.807, 2.05) is 0 Å². The largest absolute Gasteiger partial charge is 0.463 e. The Balaban J connectivity index is 3.01. The second-order valence-electron chi connectivity index (χ2n) is 4.62. The first-order valence-electron chi connectivity index (χ1n) is 6.43. The first-order valence-corrected chi connectivity index (χ1v) is 6.43. The zero-order valence-electron chi connectivity index (χ0n) is 12.4. The summed E-state index contributed by atoms with van der Waals surface area (Å²) in [7, 11) is 0. The van der Waals surface area contributed by atoms with Crippen LogP contribution in [0.1, 0.15) is 20.8 Å². The fourth-order valence-electron chi connectivity index (χ4n) is 2.03. The van der Waals surface area contributed by atoms with Crippen molar-refractivity contribution in [3.8, 4) is 0 Å². The number of nitrogens with two attached hydrogens (primary N) is 1. The van der Waals surface area contributed by atoms with Gasteiger partial charge in [-0.3, -0.25) is 19.2 Å². The number of aliphatic hydroxyl groups excluding tert-OH is 1. The van der Waals surface area contributed by atoms with Crippen molar-refractivity contribution < 1.29 is 43.3 Å². The minimum atomic E-state index is -1.57. The van der Waals surface area contributed by atoms with Crippen LogP contribution < -0.4 is 5.90 Å². The van der Waals surface area contributed by atoms with Crippen molar-refractivity contribution in [3.63, 3.8) is 0 Å². The number of hydrogen-bond donors (Lipinski definition) is 2. The highest BCUT2D eigenvalue weighted by atomic mass is 16.7. The molecule has 1 aliphatic heterocycles. The lowest BCUT2D eigenvalue weighted by atomic mass is 9.98. The van der Waals surface area contributed by atoms with Crippen molar-refractivity contribution in [1.82, 2.24) is 0 Å².